The maximum Gasteiger partial charge on any atom is 0.416 e. The van der Waals surface area contributed by atoms with E-state index in [0.717, 1.165) is 23.5 Å². The van der Waals surface area contributed by atoms with E-state index < -0.39 is 23.6 Å². The molecule has 22 heavy (non-hydrogen) atoms. The van der Waals surface area contributed by atoms with Gasteiger partial charge in [0.1, 0.15) is 4.88 Å². The standard InChI is InChI=1S/C13H9F3N2O3S/c1-6-9(11(20)21)22-12(17-6)18-10(19)7-3-2-4-8(5-7)13(14,15)16/h2-5H,1H3,(H,20,21)(H,17,18,19). The molecule has 5 nitrogen and oxygen atoms in total. The fourth-order valence-corrected chi connectivity index (χ4v) is 2.45. The molecule has 1 aromatic heterocycles. The molecule has 0 bridgehead atoms. The topological polar surface area (TPSA) is 79.3 Å². The van der Waals surface area contributed by atoms with Crippen molar-refractivity contribution in [2.75, 3.05) is 5.32 Å². The van der Waals surface area contributed by atoms with E-state index in [1.807, 2.05) is 0 Å². The Balaban J connectivity index is 2.23. The number of carboxylic acids is 1. The molecule has 0 aliphatic carbocycles. The number of thiazole rings is 1. The van der Waals surface area contributed by atoms with Gasteiger partial charge in [-0.15, -0.1) is 0 Å². The van der Waals surface area contributed by atoms with Gasteiger partial charge in [0, 0.05) is 5.56 Å². The Morgan fingerprint density at radius 2 is 2.00 bits per heavy atom. The summed E-state index contributed by atoms with van der Waals surface area (Å²) in [5.41, 5.74) is -0.918. The number of nitrogens with zero attached hydrogens (tertiary/aromatic N) is 1. The number of aromatic carboxylic acids is 1. The summed E-state index contributed by atoms with van der Waals surface area (Å²) in [5.74, 6) is -1.98. The quantitative estimate of drug-likeness (QED) is 0.904. The highest BCUT2D eigenvalue weighted by atomic mass is 32.1. The van der Waals surface area contributed by atoms with Crippen LogP contribution in [0.15, 0.2) is 24.3 Å². The predicted octanol–water partition coefficient (Wildman–Crippen LogP) is 3.42. The number of benzene rings is 1. The first-order valence-electron chi connectivity index (χ1n) is 5.88. The molecule has 0 atom stereocenters. The Morgan fingerprint density at radius 3 is 2.55 bits per heavy atom. The molecular weight excluding hydrogens is 321 g/mol. The summed E-state index contributed by atoms with van der Waals surface area (Å²) in [5, 5.41) is 11.2. The van der Waals surface area contributed by atoms with E-state index in [9.17, 15) is 22.8 Å². The van der Waals surface area contributed by atoms with Crippen LogP contribution in [0.1, 0.15) is 31.3 Å². The van der Waals surface area contributed by atoms with Crippen molar-refractivity contribution in [2.24, 2.45) is 0 Å². The zero-order valence-electron chi connectivity index (χ0n) is 11.1. The number of rotatable bonds is 3. The zero-order valence-corrected chi connectivity index (χ0v) is 11.9. The van der Waals surface area contributed by atoms with Gasteiger partial charge >= 0.3 is 12.1 Å². The third kappa shape index (κ3) is 3.42. The number of nitrogens with one attached hydrogen (secondary N) is 1. The predicted molar refractivity (Wildman–Crippen MR) is 73.2 cm³/mol. The number of hydrogen-bond donors (Lipinski definition) is 2. The molecule has 1 amide bonds. The fraction of sp³-hybridized carbons (Fsp3) is 0.154. The number of amides is 1. The number of aryl methyl sites for hydroxylation is 1. The first-order valence-corrected chi connectivity index (χ1v) is 6.69. The minimum Gasteiger partial charge on any atom is -0.477 e. The number of alkyl halides is 3. The Labute approximate surface area is 126 Å². The SMILES string of the molecule is Cc1nc(NC(=O)c2cccc(C(F)(F)F)c2)sc1C(=O)O. The van der Waals surface area contributed by atoms with Crippen LogP contribution in [-0.4, -0.2) is 22.0 Å². The number of halogens is 3. The van der Waals surface area contributed by atoms with E-state index in [2.05, 4.69) is 10.3 Å². The van der Waals surface area contributed by atoms with E-state index >= 15 is 0 Å². The highest BCUT2D eigenvalue weighted by Gasteiger charge is 2.31. The number of anilines is 1. The Hall–Kier alpha value is -2.42. The molecule has 0 spiro atoms. The number of carbonyl (C=O) groups excluding carboxylic acids is 1. The van der Waals surface area contributed by atoms with Crippen molar-refractivity contribution < 1.29 is 27.9 Å². The molecule has 2 N–H and O–H groups in total. The average Bonchev–Trinajstić information content (AvgIpc) is 2.79. The van der Waals surface area contributed by atoms with Crippen LogP contribution in [0.2, 0.25) is 0 Å². The van der Waals surface area contributed by atoms with Gasteiger partial charge in [0.2, 0.25) is 0 Å². The van der Waals surface area contributed by atoms with Crippen LogP contribution in [-0.2, 0) is 6.18 Å². The van der Waals surface area contributed by atoms with E-state index in [4.69, 9.17) is 5.11 Å². The molecule has 0 fully saturated rings. The van der Waals surface area contributed by atoms with Crippen LogP contribution in [0, 0.1) is 6.92 Å². The van der Waals surface area contributed by atoms with Crippen molar-refractivity contribution >= 4 is 28.3 Å². The van der Waals surface area contributed by atoms with Crippen molar-refractivity contribution in [1.82, 2.24) is 4.98 Å². The monoisotopic (exact) mass is 330 g/mol. The van der Waals surface area contributed by atoms with Gasteiger partial charge in [0.05, 0.1) is 11.3 Å². The summed E-state index contributed by atoms with van der Waals surface area (Å²) in [7, 11) is 0. The normalized spacial score (nSPS) is 11.3. The van der Waals surface area contributed by atoms with Crippen LogP contribution in [0.5, 0.6) is 0 Å². The van der Waals surface area contributed by atoms with Crippen LogP contribution < -0.4 is 5.32 Å². The van der Waals surface area contributed by atoms with E-state index in [0.29, 0.717) is 6.07 Å². The second kappa shape index (κ2) is 5.76. The lowest BCUT2D eigenvalue weighted by molar-refractivity contribution is -0.137. The van der Waals surface area contributed by atoms with Crippen molar-refractivity contribution in [3.63, 3.8) is 0 Å². The van der Waals surface area contributed by atoms with Crippen molar-refractivity contribution in [3.8, 4) is 0 Å². The second-order valence-electron chi connectivity index (χ2n) is 4.27. The maximum atomic E-state index is 12.6. The lowest BCUT2D eigenvalue weighted by Crippen LogP contribution is -2.13. The Morgan fingerprint density at radius 1 is 1.32 bits per heavy atom. The van der Waals surface area contributed by atoms with Gasteiger partial charge in [-0.25, -0.2) is 9.78 Å². The van der Waals surface area contributed by atoms with Gasteiger partial charge in [-0.3, -0.25) is 10.1 Å². The van der Waals surface area contributed by atoms with Crippen LogP contribution >= 0.6 is 11.3 Å². The van der Waals surface area contributed by atoms with Crippen molar-refractivity contribution in [1.29, 1.82) is 0 Å². The molecule has 1 aromatic carbocycles. The van der Waals surface area contributed by atoms with Gasteiger partial charge < -0.3 is 5.11 Å². The smallest absolute Gasteiger partial charge is 0.416 e. The molecule has 9 heteroatoms. The molecule has 0 aliphatic rings. The first kappa shape index (κ1) is 16.0. The maximum absolute atomic E-state index is 12.6. The molecule has 0 saturated heterocycles. The minimum atomic E-state index is -4.55. The van der Waals surface area contributed by atoms with Crippen LogP contribution in [0.3, 0.4) is 0 Å². The largest absolute Gasteiger partial charge is 0.477 e. The molecule has 0 radical (unpaired) electrons. The molecule has 116 valence electrons. The summed E-state index contributed by atoms with van der Waals surface area (Å²) in [4.78, 5) is 26.6. The molecular formula is C13H9F3N2O3S. The Kier molecular flexibility index (Phi) is 4.18. The number of hydrogen-bond acceptors (Lipinski definition) is 4. The molecule has 1 heterocycles. The molecule has 0 unspecified atom stereocenters. The summed E-state index contributed by atoms with van der Waals surface area (Å²) < 4.78 is 37.8. The lowest BCUT2D eigenvalue weighted by atomic mass is 10.1. The third-order valence-electron chi connectivity index (χ3n) is 2.66. The Bertz CT molecular complexity index is 740. The van der Waals surface area contributed by atoms with Gasteiger partial charge in [-0.1, -0.05) is 17.4 Å². The highest BCUT2D eigenvalue weighted by Crippen LogP contribution is 2.30. The molecule has 2 aromatic rings. The van der Waals surface area contributed by atoms with E-state index in [1.165, 1.54) is 13.0 Å². The lowest BCUT2D eigenvalue weighted by Gasteiger charge is -2.08. The van der Waals surface area contributed by atoms with Gasteiger partial charge in [0.25, 0.3) is 5.91 Å². The summed E-state index contributed by atoms with van der Waals surface area (Å²) >= 11 is 0.736. The summed E-state index contributed by atoms with van der Waals surface area (Å²) in [6.45, 7) is 1.46. The van der Waals surface area contributed by atoms with Gasteiger partial charge in [0.15, 0.2) is 5.13 Å². The van der Waals surface area contributed by atoms with Gasteiger partial charge in [-0.05, 0) is 25.1 Å². The summed E-state index contributed by atoms with van der Waals surface area (Å²) in [6.07, 6.45) is -4.55. The molecule has 2 rings (SSSR count). The van der Waals surface area contributed by atoms with Gasteiger partial charge in [-0.2, -0.15) is 13.2 Å². The third-order valence-corrected chi connectivity index (χ3v) is 3.72. The van der Waals surface area contributed by atoms with Crippen molar-refractivity contribution in [3.05, 3.63) is 46.0 Å². The number of aromatic nitrogens is 1. The average molecular weight is 330 g/mol. The van der Waals surface area contributed by atoms with E-state index in [-0.39, 0.29) is 21.3 Å². The van der Waals surface area contributed by atoms with Crippen LogP contribution in [0.25, 0.3) is 0 Å². The molecule has 0 aliphatic heterocycles. The van der Waals surface area contributed by atoms with Crippen LogP contribution in [0.4, 0.5) is 18.3 Å². The number of carbonyl (C=O) groups is 2. The fourth-order valence-electron chi connectivity index (χ4n) is 1.65. The van der Waals surface area contributed by atoms with E-state index in [1.54, 1.807) is 0 Å². The highest BCUT2D eigenvalue weighted by molar-refractivity contribution is 7.17. The minimum absolute atomic E-state index is 0.0114. The van der Waals surface area contributed by atoms with Crippen molar-refractivity contribution in [2.45, 2.75) is 13.1 Å². The molecule has 0 saturated carbocycles. The first-order chi connectivity index (χ1) is 10.2. The number of carboxylic acid groups (broad SMARTS) is 1. The zero-order chi connectivity index (χ0) is 16.5. The summed E-state index contributed by atoms with van der Waals surface area (Å²) in [6, 6.07) is 3.91. The second-order valence-corrected chi connectivity index (χ2v) is 5.27.